The first kappa shape index (κ1) is 16.4. The van der Waals surface area contributed by atoms with Crippen molar-refractivity contribution in [2.24, 2.45) is 0 Å². The van der Waals surface area contributed by atoms with E-state index in [1.54, 1.807) is 0 Å². The molecule has 1 aliphatic rings. The van der Waals surface area contributed by atoms with Crippen molar-refractivity contribution in [1.29, 1.82) is 0 Å². The molecule has 6 heteroatoms. The van der Waals surface area contributed by atoms with Gasteiger partial charge in [-0.2, -0.15) is 0 Å². The van der Waals surface area contributed by atoms with E-state index in [0.717, 1.165) is 25.7 Å². The Kier molecular flexibility index (Phi) is 7.38. The Balaban J connectivity index is 2.02. The van der Waals surface area contributed by atoms with E-state index in [-0.39, 0.29) is 17.5 Å². The first-order valence-corrected chi connectivity index (χ1v) is 8.94. The summed E-state index contributed by atoms with van der Waals surface area (Å²) in [4.78, 5) is 13.4. The smallest absolute Gasteiger partial charge is 0.305 e. The van der Waals surface area contributed by atoms with Crippen molar-refractivity contribution >= 4 is 15.8 Å². The number of carbonyl (C=O) groups excluding carboxylic acids is 1. The maximum atomic E-state index is 11.4. The molecule has 0 radical (unpaired) electrons. The largest absolute Gasteiger partial charge is 0.464 e. The molecule has 0 amide bonds. The Morgan fingerprint density at radius 3 is 2.47 bits per heavy atom. The summed E-state index contributed by atoms with van der Waals surface area (Å²) in [5.74, 6) is 0.302. The van der Waals surface area contributed by atoms with Gasteiger partial charge >= 0.3 is 5.97 Å². The lowest BCUT2D eigenvalue weighted by Crippen LogP contribution is -2.41. The van der Waals surface area contributed by atoms with Gasteiger partial charge in [0.05, 0.1) is 11.5 Å². The number of unbranched alkanes of at least 4 members (excludes halogenated alkanes) is 3. The Morgan fingerprint density at radius 1 is 1.16 bits per heavy atom. The van der Waals surface area contributed by atoms with Gasteiger partial charge in [-0.05, 0) is 6.42 Å². The number of hydrogen-bond acceptors (Lipinski definition) is 5. The average Bonchev–Trinajstić information content (AvgIpc) is 2.37. The highest BCUT2D eigenvalue weighted by Crippen LogP contribution is 2.05. The lowest BCUT2D eigenvalue weighted by molar-refractivity contribution is -0.144. The number of ether oxygens (including phenoxy) is 1. The van der Waals surface area contributed by atoms with Crippen LogP contribution in [-0.2, 0) is 19.4 Å². The van der Waals surface area contributed by atoms with E-state index in [4.69, 9.17) is 4.74 Å². The summed E-state index contributed by atoms with van der Waals surface area (Å²) in [5, 5.41) is 0. The molecule has 1 fully saturated rings. The fourth-order valence-electron chi connectivity index (χ4n) is 2.03. The van der Waals surface area contributed by atoms with Crippen LogP contribution in [0.1, 0.15) is 39.0 Å². The van der Waals surface area contributed by atoms with E-state index >= 15 is 0 Å². The highest BCUT2D eigenvalue weighted by Gasteiger charge is 2.21. The molecule has 1 aliphatic heterocycles. The summed E-state index contributed by atoms with van der Waals surface area (Å²) in [7, 11) is -2.82. The Hall–Kier alpha value is -0.620. The normalized spacial score (nSPS) is 19.2. The molecule has 0 aromatic carbocycles. The second kappa shape index (κ2) is 8.53. The van der Waals surface area contributed by atoms with Gasteiger partial charge in [0.2, 0.25) is 0 Å². The highest BCUT2D eigenvalue weighted by molar-refractivity contribution is 7.91. The number of carbonyl (C=O) groups is 1. The van der Waals surface area contributed by atoms with Crippen molar-refractivity contribution in [3.8, 4) is 0 Å². The van der Waals surface area contributed by atoms with Crippen LogP contribution < -0.4 is 0 Å². The van der Waals surface area contributed by atoms with Crippen molar-refractivity contribution in [3.05, 3.63) is 0 Å². The molecule has 0 N–H and O–H groups in total. The Labute approximate surface area is 116 Å². The van der Waals surface area contributed by atoms with E-state index in [9.17, 15) is 13.2 Å². The molecular formula is C13H25NO4S. The maximum absolute atomic E-state index is 11.4. The van der Waals surface area contributed by atoms with Gasteiger partial charge in [-0.1, -0.05) is 26.2 Å². The third-order valence-corrected chi connectivity index (χ3v) is 4.95. The van der Waals surface area contributed by atoms with E-state index in [1.165, 1.54) is 0 Å². The van der Waals surface area contributed by atoms with Crippen LogP contribution in [0.4, 0.5) is 0 Å². The number of esters is 1. The summed E-state index contributed by atoms with van der Waals surface area (Å²) in [6, 6.07) is 0. The van der Waals surface area contributed by atoms with E-state index in [0.29, 0.717) is 32.7 Å². The number of hydrogen-bond donors (Lipinski definition) is 0. The molecule has 0 atom stereocenters. The Bertz CT molecular complexity index is 353. The number of sulfone groups is 1. The lowest BCUT2D eigenvalue weighted by atomic mass is 10.2. The van der Waals surface area contributed by atoms with Crippen molar-refractivity contribution in [2.45, 2.75) is 39.0 Å². The first-order chi connectivity index (χ1) is 9.03. The second-order valence-corrected chi connectivity index (χ2v) is 7.33. The van der Waals surface area contributed by atoms with Gasteiger partial charge < -0.3 is 4.74 Å². The van der Waals surface area contributed by atoms with E-state index in [2.05, 4.69) is 6.92 Å². The number of rotatable bonds is 8. The van der Waals surface area contributed by atoms with Gasteiger partial charge in [0.25, 0.3) is 0 Å². The minimum Gasteiger partial charge on any atom is -0.464 e. The monoisotopic (exact) mass is 291 g/mol. The van der Waals surface area contributed by atoms with Crippen LogP contribution >= 0.6 is 0 Å². The van der Waals surface area contributed by atoms with Crippen molar-refractivity contribution in [2.75, 3.05) is 37.7 Å². The van der Waals surface area contributed by atoms with E-state index in [1.807, 2.05) is 4.90 Å². The van der Waals surface area contributed by atoms with Gasteiger partial charge in [-0.15, -0.1) is 0 Å². The van der Waals surface area contributed by atoms with Crippen LogP contribution in [0.15, 0.2) is 0 Å². The predicted octanol–water partition coefficient (Wildman–Crippen LogP) is 1.23. The van der Waals surface area contributed by atoms with Crippen LogP contribution in [-0.4, -0.2) is 57.0 Å². The SMILES string of the molecule is CCCCCCC(=O)OCCN1CCS(=O)(=O)CC1. The minimum absolute atomic E-state index is 0.138. The molecule has 19 heavy (non-hydrogen) atoms. The molecule has 1 saturated heterocycles. The molecule has 0 aliphatic carbocycles. The fourth-order valence-corrected chi connectivity index (χ4v) is 3.31. The highest BCUT2D eigenvalue weighted by atomic mass is 32.2. The zero-order valence-corrected chi connectivity index (χ0v) is 12.6. The molecule has 1 heterocycles. The minimum atomic E-state index is -2.82. The topological polar surface area (TPSA) is 63.7 Å². The molecule has 0 aromatic rings. The van der Waals surface area contributed by atoms with Crippen LogP contribution in [0.25, 0.3) is 0 Å². The third-order valence-electron chi connectivity index (χ3n) is 3.34. The van der Waals surface area contributed by atoms with Crippen LogP contribution in [0, 0.1) is 0 Å². The Morgan fingerprint density at radius 2 is 1.84 bits per heavy atom. The molecular weight excluding hydrogens is 266 g/mol. The first-order valence-electron chi connectivity index (χ1n) is 7.12. The summed E-state index contributed by atoms with van der Waals surface area (Å²) in [6.07, 6.45) is 4.79. The fraction of sp³-hybridized carbons (Fsp3) is 0.923. The molecule has 0 spiro atoms. The summed E-state index contributed by atoms with van der Waals surface area (Å²) in [5.41, 5.74) is 0. The van der Waals surface area contributed by atoms with Gasteiger partial charge in [0, 0.05) is 26.1 Å². The third kappa shape index (κ3) is 7.52. The zero-order chi connectivity index (χ0) is 14.1. The molecule has 5 nitrogen and oxygen atoms in total. The van der Waals surface area contributed by atoms with Crippen LogP contribution in [0.2, 0.25) is 0 Å². The molecule has 0 unspecified atom stereocenters. The summed E-state index contributed by atoms with van der Waals surface area (Å²) >= 11 is 0. The average molecular weight is 291 g/mol. The van der Waals surface area contributed by atoms with Gasteiger partial charge in [-0.3, -0.25) is 9.69 Å². The molecule has 0 saturated carbocycles. The molecule has 0 aromatic heterocycles. The quantitative estimate of drug-likeness (QED) is 0.497. The zero-order valence-electron chi connectivity index (χ0n) is 11.8. The molecule has 1 rings (SSSR count). The van der Waals surface area contributed by atoms with E-state index < -0.39 is 9.84 Å². The predicted molar refractivity (Wildman–Crippen MR) is 74.8 cm³/mol. The standard InChI is InChI=1S/C13H25NO4S/c1-2-3-4-5-6-13(15)18-10-7-14-8-11-19(16,17)12-9-14/h2-12H2,1H3. The van der Waals surface area contributed by atoms with Crippen molar-refractivity contribution in [1.82, 2.24) is 4.90 Å². The van der Waals surface area contributed by atoms with Gasteiger partial charge in [-0.25, -0.2) is 8.42 Å². The van der Waals surface area contributed by atoms with Gasteiger partial charge in [0.1, 0.15) is 6.61 Å². The maximum Gasteiger partial charge on any atom is 0.305 e. The van der Waals surface area contributed by atoms with Gasteiger partial charge in [0.15, 0.2) is 9.84 Å². The molecule has 112 valence electrons. The van der Waals surface area contributed by atoms with Crippen molar-refractivity contribution in [3.63, 3.8) is 0 Å². The summed E-state index contributed by atoms with van der Waals surface area (Å²) < 4.78 is 27.6. The lowest BCUT2D eigenvalue weighted by Gasteiger charge is -2.26. The second-order valence-electron chi connectivity index (χ2n) is 5.02. The van der Waals surface area contributed by atoms with Crippen LogP contribution in [0.3, 0.4) is 0 Å². The number of nitrogens with zero attached hydrogens (tertiary/aromatic N) is 1. The van der Waals surface area contributed by atoms with Crippen molar-refractivity contribution < 1.29 is 17.9 Å². The van der Waals surface area contributed by atoms with Crippen LogP contribution in [0.5, 0.6) is 0 Å². The molecule has 0 bridgehead atoms. The summed E-state index contributed by atoms with van der Waals surface area (Å²) in [6.45, 7) is 4.24.